The van der Waals surface area contributed by atoms with E-state index in [9.17, 15) is 0 Å². The number of nitrogens with zero attached hydrogens (tertiary/aromatic N) is 1. The Kier molecular flexibility index (Phi) is 12.1. The molecule has 0 saturated carbocycles. The van der Waals surface area contributed by atoms with Gasteiger partial charge in [-0.25, -0.2) is 0 Å². The fourth-order valence-corrected chi connectivity index (χ4v) is 2.41. The maximum atomic E-state index is 5.83. The van der Waals surface area contributed by atoms with Gasteiger partial charge in [0.05, 0.1) is 13.2 Å². The third kappa shape index (κ3) is 8.37. The van der Waals surface area contributed by atoms with Crippen molar-refractivity contribution in [1.29, 1.82) is 0 Å². The van der Waals surface area contributed by atoms with Crippen LogP contribution < -0.4 is 10.6 Å². The quantitative estimate of drug-likeness (QED) is 0.226. The van der Waals surface area contributed by atoms with Crippen LogP contribution in [0.1, 0.15) is 19.1 Å². The van der Waals surface area contributed by atoms with Gasteiger partial charge in [-0.15, -0.1) is 24.0 Å². The summed E-state index contributed by atoms with van der Waals surface area (Å²) in [7, 11) is 1.67. The Morgan fingerprint density at radius 1 is 1.15 bits per heavy atom. The first-order valence-electron chi connectivity index (χ1n) is 8.89. The summed E-state index contributed by atoms with van der Waals surface area (Å²) < 4.78 is 16.2. The molecule has 1 aromatic heterocycles. The molecule has 0 amide bonds. The highest BCUT2D eigenvalue weighted by molar-refractivity contribution is 14.0. The van der Waals surface area contributed by atoms with Gasteiger partial charge in [-0.2, -0.15) is 0 Å². The smallest absolute Gasteiger partial charge is 0.191 e. The Hall–Kier alpha value is -1.32. The molecule has 1 heterocycles. The zero-order valence-electron chi connectivity index (χ0n) is 15.6. The topological polar surface area (TPSA) is 68.0 Å². The second kappa shape index (κ2) is 13.8. The second-order valence-corrected chi connectivity index (χ2v) is 5.65. The molecular weight excluding hydrogens is 445 g/mol. The molecule has 0 fully saturated rings. The van der Waals surface area contributed by atoms with Gasteiger partial charge in [-0.05, 0) is 25.5 Å². The van der Waals surface area contributed by atoms with Crippen molar-refractivity contribution in [2.75, 3.05) is 46.6 Å². The van der Waals surface area contributed by atoms with Gasteiger partial charge in [0.2, 0.25) is 0 Å². The summed E-state index contributed by atoms with van der Waals surface area (Å²) in [6.07, 6.45) is 1.71. The molecule has 0 aliphatic rings. The number of halogens is 1. The van der Waals surface area contributed by atoms with E-state index < -0.39 is 0 Å². The van der Waals surface area contributed by atoms with E-state index in [1.807, 2.05) is 18.2 Å². The van der Waals surface area contributed by atoms with Crippen LogP contribution in [0.25, 0.3) is 11.0 Å². The summed E-state index contributed by atoms with van der Waals surface area (Å²) in [5, 5.41) is 7.74. The number of guanidine groups is 1. The van der Waals surface area contributed by atoms with E-state index in [1.165, 1.54) is 0 Å². The highest BCUT2D eigenvalue weighted by atomic mass is 127. The Balaban J connectivity index is 0.00000338. The van der Waals surface area contributed by atoms with Crippen molar-refractivity contribution in [3.05, 3.63) is 36.1 Å². The summed E-state index contributed by atoms with van der Waals surface area (Å²) in [6.45, 7) is 6.37. The Morgan fingerprint density at radius 2 is 2.00 bits per heavy atom. The van der Waals surface area contributed by atoms with Crippen molar-refractivity contribution in [1.82, 2.24) is 10.6 Å². The van der Waals surface area contributed by atoms with Crippen LogP contribution in [-0.4, -0.2) is 52.5 Å². The van der Waals surface area contributed by atoms with E-state index in [2.05, 4.69) is 34.7 Å². The first-order valence-corrected chi connectivity index (χ1v) is 8.89. The van der Waals surface area contributed by atoms with Gasteiger partial charge in [-0.3, -0.25) is 4.99 Å². The van der Waals surface area contributed by atoms with Crippen molar-refractivity contribution in [3.8, 4) is 0 Å². The lowest BCUT2D eigenvalue weighted by atomic mass is 10.2. The van der Waals surface area contributed by atoms with Crippen molar-refractivity contribution in [2.45, 2.75) is 19.8 Å². The molecule has 0 saturated heterocycles. The summed E-state index contributed by atoms with van der Waals surface area (Å²) >= 11 is 0. The number of benzene rings is 1. The molecule has 0 unspecified atom stereocenters. The first-order chi connectivity index (χ1) is 12.3. The molecule has 146 valence electrons. The highest BCUT2D eigenvalue weighted by Gasteiger charge is 2.03. The van der Waals surface area contributed by atoms with Crippen LogP contribution >= 0.6 is 24.0 Å². The molecule has 0 bridgehead atoms. The molecule has 26 heavy (non-hydrogen) atoms. The molecule has 2 rings (SSSR count). The number of methoxy groups -OCH3 is 1. The lowest BCUT2D eigenvalue weighted by molar-refractivity contribution is 0.0702. The summed E-state index contributed by atoms with van der Waals surface area (Å²) in [5.74, 6) is 1.81. The molecule has 7 heteroatoms. The predicted molar refractivity (Wildman–Crippen MR) is 117 cm³/mol. The van der Waals surface area contributed by atoms with E-state index in [0.717, 1.165) is 55.2 Å². The first kappa shape index (κ1) is 22.7. The maximum Gasteiger partial charge on any atom is 0.191 e. The zero-order valence-corrected chi connectivity index (χ0v) is 18.0. The fourth-order valence-electron chi connectivity index (χ4n) is 2.41. The third-order valence-corrected chi connectivity index (χ3v) is 3.63. The largest absolute Gasteiger partial charge is 0.461 e. The second-order valence-electron chi connectivity index (χ2n) is 5.65. The van der Waals surface area contributed by atoms with E-state index in [-0.39, 0.29) is 24.0 Å². The van der Waals surface area contributed by atoms with Gasteiger partial charge < -0.3 is 24.5 Å². The van der Waals surface area contributed by atoms with Crippen molar-refractivity contribution >= 4 is 40.9 Å². The minimum Gasteiger partial charge on any atom is -0.461 e. The third-order valence-electron chi connectivity index (χ3n) is 3.63. The molecule has 0 radical (unpaired) electrons. The standard InChI is InChI=1S/C19H29N3O3.HI/c1-3-20-19(21-10-6-12-24-14-13-23-2)22-11-9-17-15-16-7-4-5-8-18(16)25-17;/h4-5,7-8,15H,3,6,9-14H2,1-2H3,(H2,20,21,22);1H. The monoisotopic (exact) mass is 475 g/mol. The zero-order chi connectivity index (χ0) is 17.7. The van der Waals surface area contributed by atoms with E-state index in [4.69, 9.17) is 13.9 Å². The number of para-hydroxylation sites is 1. The highest BCUT2D eigenvalue weighted by Crippen LogP contribution is 2.18. The molecule has 1 aromatic carbocycles. The van der Waals surface area contributed by atoms with E-state index >= 15 is 0 Å². The average Bonchev–Trinajstić information content (AvgIpc) is 3.03. The van der Waals surface area contributed by atoms with Crippen molar-refractivity contribution in [3.63, 3.8) is 0 Å². The molecule has 0 atom stereocenters. The van der Waals surface area contributed by atoms with Crippen LogP contribution in [0.2, 0.25) is 0 Å². The van der Waals surface area contributed by atoms with Gasteiger partial charge in [0.15, 0.2) is 5.96 Å². The maximum absolute atomic E-state index is 5.83. The van der Waals surface area contributed by atoms with Crippen LogP contribution in [0.5, 0.6) is 0 Å². The Morgan fingerprint density at radius 3 is 2.77 bits per heavy atom. The Bertz CT molecular complexity index is 613. The van der Waals surface area contributed by atoms with Crippen molar-refractivity contribution < 1.29 is 13.9 Å². The molecule has 0 aliphatic heterocycles. The van der Waals surface area contributed by atoms with Gasteiger partial charge in [0.1, 0.15) is 11.3 Å². The normalized spacial score (nSPS) is 11.4. The van der Waals surface area contributed by atoms with Crippen LogP contribution in [0.4, 0.5) is 0 Å². The number of nitrogens with one attached hydrogen (secondary N) is 2. The fraction of sp³-hybridized carbons (Fsp3) is 0.526. The molecule has 0 aliphatic carbocycles. The van der Waals surface area contributed by atoms with Crippen molar-refractivity contribution in [2.24, 2.45) is 4.99 Å². The van der Waals surface area contributed by atoms with E-state index in [0.29, 0.717) is 19.8 Å². The van der Waals surface area contributed by atoms with Crippen LogP contribution in [0.15, 0.2) is 39.7 Å². The van der Waals surface area contributed by atoms with Gasteiger partial charge in [-0.1, -0.05) is 18.2 Å². The SMILES string of the molecule is CCNC(=NCCCOCCOC)NCCc1cc2ccccc2o1.I. The summed E-state index contributed by atoms with van der Waals surface area (Å²) in [5.41, 5.74) is 0.937. The minimum absolute atomic E-state index is 0. The average molecular weight is 475 g/mol. The number of ether oxygens (including phenoxy) is 2. The minimum atomic E-state index is 0. The summed E-state index contributed by atoms with van der Waals surface area (Å²) in [6, 6.07) is 10.2. The molecule has 2 aromatic rings. The van der Waals surface area contributed by atoms with E-state index in [1.54, 1.807) is 7.11 Å². The molecular formula is C19H30IN3O3. The van der Waals surface area contributed by atoms with Crippen LogP contribution in [-0.2, 0) is 15.9 Å². The lowest BCUT2D eigenvalue weighted by Gasteiger charge is -2.10. The van der Waals surface area contributed by atoms with Crippen LogP contribution in [0, 0.1) is 0 Å². The van der Waals surface area contributed by atoms with Crippen LogP contribution in [0.3, 0.4) is 0 Å². The van der Waals surface area contributed by atoms with Gasteiger partial charge in [0, 0.05) is 45.2 Å². The number of rotatable bonds is 11. The number of furan rings is 1. The Labute approximate surface area is 172 Å². The lowest BCUT2D eigenvalue weighted by Crippen LogP contribution is -2.38. The number of hydrogen-bond donors (Lipinski definition) is 2. The number of aliphatic imine (C=N–C) groups is 1. The van der Waals surface area contributed by atoms with Gasteiger partial charge >= 0.3 is 0 Å². The number of fused-ring (bicyclic) bond motifs is 1. The molecule has 6 nitrogen and oxygen atoms in total. The predicted octanol–water partition coefficient (Wildman–Crippen LogP) is 3.20. The molecule has 0 spiro atoms. The summed E-state index contributed by atoms with van der Waals surface area (Å²) in [4.78, 5) is 4.56. The van der Waals surface area contributed by atoms with Gasteiger partial charge in [0.25, 0.3) is 0 Å². The number of hydrogen-bond acceptors (Lipinski definition) is 4. The molecule has 2 N–H and O–H groups in total.